The molecule has 0 fully saturated rings. The molecule has 6 aromatic rings. The van der Waals surface area contributed by atoms with Crippen LogP contribution in [0.4, 0.5) is 0 Å². The van der Waals surface area contributed by atoms with Gasteiger partial charge in [0, 0.05) is 44.3 Å². The summed E-state index contributed by atoms with van der Waals surface area (Å²) in [5.74, 6) is 0. The van der Waals surface area contributed by atoms with Gasteiger partial charge in [0.25, 0.3) is 0 Å². The van der Waals surface area contributed by atoms with Crippen LogP contribution in [0, 0.1) is 20.8 Å². The number of nitrogens with one attached hydrogen (secondary N) is 2. The Kier molecular flexibility index (Phi) is 7.58. The molecular weight excluding hydrogens is 601 g/mol. The predicted octanol–water partition coefficient (Wildman–Crippen LogP) is 10.8. The molecule has 0 spiro atoms. The van der Waals surface area contributed by atoms with Gasteiger partial charge in [-0.05, 0) is 98.2 Å². The summed E-state index contributed by atoms with van der Waals surface area (Å²) < 4.78 is 0. The number of aryl methyl sites for hydroxylation is 3. The highest BCUT2D eigenvalue weighted by molar-refractivity contribution is 5.99. The van der Waals surface area contributed by atoms with Crippen molar-refractivity contribution in [3.8, 4) is 33.4 Å². The number of aromatic amines is 2. The summed E-state index contributed by atoms with van der Waals surface area (Å²) in [6.45, 7) is 6.30. The zero-order valence-corrected chi connectivity index (χ0v) is 27.6. The lowest BCUT2D eigenvalue weighted by Gasteiger charge is -2.07. The molecule has 3 aromatic carbocycles. The first-order valence-corrected chi connectivity index (χ1v) is 16.4. The molecule has 0 saturated carbocycles. The molecule has 236 valence electrons. The second-order valence-corrected chi connectivity index (χ2v) is 12.6. The summed E-state index contributed by atoms with van der Waals surface area (Å²) in [6, 6.07) is 34.3. The SMILES string of the molecule is Cc1ccc(-c2c3nc(c(/C=C/C=O)c4nc(c(-c5ccc(C)cc5)c5ccc([nH]5)c(-c5ccc(C)cc5)c5ccc2[nH]5)C=C4)C=C3)cc1. The number of rotatable bonds is 5. The molecule has 2 aliphatic rings. The Balaban J connectivity index is 1.56. The van der Waals surface area contributed by atoms with Crippen molar-refractivity contribution in [2.75, 3.05) is 0 Å². The minimum absolute atomic E-state index is 0.743. The highest BCUT2D eigenvalue weighted by Gasteiger charge is 2.17. The van der Waals surface area contributed by atoms with Crippen LogP contribution in [0.1, 0.15) is 45.0 Å². The largest absolute Gasteiger partial charge is 0.354 e. The smallest absolute Gasteiger partial charge is 0.142 e. The molecule has 0 unspecified atom stereocenters. The van der Waals surface area contributed by atoms with Gasteiger partial charge in [-0.2, -0.15) is 0 Å². The van der Waals surface area contributed by atoms with Crippen molar-refractivity contribution in [3.05, 3.63) is 148 Å². The van der Waals surface area contributed by atoms with E-state index >= 15 is 0 Å². The molecule has 49 heavy (non-hydrogen) atoms. The molecule has 2 N–H and O–H groups in total. The van der Waals surface area contributed by atoms with Gasteiger partial charge in [-0.25, -0.2) is 9.97 Å². The van der Waals surface area contributed by atoms with Crippen molar-refractivity contribution >= 4 is 58.7 Å². The van der Waals surface area contributed by atoms with E-state index in [1.165, 1.54) is 22.8 Å². The van der Waals surface area contributed by atoms with E-state index in [4.69, 9.17) is 9.97 Å². The number of nitrogens with zero attached hydrogens (tertiary/aromatic N) is 2. The fourth-order valence-electron chi connectivity index (χ4n) is 6.61. The number of benzene rings is 3. The van der Waals surface area contributed by atoms with E-state index < -0.39 is 0 Å². The van der Waals surface area contributed by atoms with E-state index in [9.17, 15) is 4.79 Å². The van der Waals surface area contributed by atoms with Crippen LogP contribution in [0.15, 0.2) is 103 Å². The van der Waals surface area contributed by atoms with Gasteiger partial charge in [0.05, 0.1) is 22.8 Å². The number of hydrogen-bond donors (Lipinski definition) is 2. The molecule has 5 heteroatoms. The van der Waals surface area contributed by atoms with E-state index in [1.807, 2.05) is 24.3 Å². The quantitative estimate of drug-likeness (QED) is 0.146. The van der Waals surface area contributed by atoms with E-state index in [2.05, 4.69) is 128 Å². The van der Waals surface area contributed by atoms with Crippen LogP contribution in [0.2, 0.25) is 0 Å². The molecule has 5 heterocycles. The summed E-state index contributed by atoms with van der Waals surface area (Å²) in [5, 5.41) is 0. The average Bonchev–Trinajstić information content (AvgIpc) is 3.94. The normalized spacial score (nSPS) is 12.2. The van der Waals surface area contributed by atoms with Crippen LogP contribution in [0.5, 0.6) is 0 Å². The predicted molar refractivity (Wildman–Crippen MR) is 204 cm³/mol. The van der Waals surface area contributed by atoms with Crippen molar-refractivity contribution < 1.29 is 4.79 Å². The number of aromatic nitrogens is 4. The zero-order chi connectivity index (χ0) is 33.5. The summed E-state index contributed by atoms with van der Waals surface area (Å²) in [5.41, 5.74) is 17.6. The van der Waals surface area contributed by atoms with E-state index in [0.29, 0.717) is 0 Å². The van der Waals surface area contributed by atoms with Gasteiger partial charge < -0.3 is 9.97 Å². The molecule has 0 radical (unpaired) electrons. The van der Waals surface area contributed by atoms with Gasteiger partial charge >= 0.3 is 0 Å². The lowest BCUT2D eigenvalue weighted by atomic mass is 10.0. The highest BCUT2D eigenvalue weighted by atomic mass is 16.1. The Morgan fingerprint density at radius 2 is 0.796 bits per heavy atom. The monoisotopic (exact) mass is 634 g/mol. The molecule has 8 rings (SSSR count). The fourth-order valence-corrected chi connectivity index (χ4v) is 6.61. The minimum atomic E-state index is 0.743. The summed E-state index contributed by atoms with van der Waals surface area (Å²) in [7, 11) is 0. The van der Waals surface area contributed by atoms with Crippen LogP contribution < -0.4 is 0 Å². The van der Waals surface area contributed by atoms with Crippen molar-refractivity contribution in [1.82, 2.24) is 19.9 Å². The average molecular weight is 635 g/mol. The maximum Gasteiger partial charge on any atom is 0.142 e. The van der Waals surface area contributed by atoms with Gasteiger partial charge in [-0.3, -0.25) is 4.79 Å². The zero-order valence-electron chi connectivity index (χ0n) is 27.6. The lowest BCUT2D eigenvalue weighted by Crippen LogP contribution is -1.90. The highest BCUT2D eigenvalue weighted by Crippen LogP contribution is 2.36. The van der Waals surface area contributed by atoms with Gasteiger partial charge in [-0.1, -0.05) is 89.5 Å². The number of aldehydes is 1. The molecular formula is C44H34N4O. The molecule has 3 aromatic heterocycles. The first-order chi connectivity index (χ1) is 23.9. The first kappa shape index (κ1) is 30.0. The van der Waals surface area contributed by atoms with Gasteiger partial charge in [0.15, 0.2) is 0 Å². The molecule has 2 aliphatic heterocycles. The Labute approximate surface area is 285 Å². The van der Waals surface area contributed by atoms with E-state index in [1.54, 1.807) is 6.08 Å². The summed E-state index contributed by atoms with van der Waals surface area (Å²) in [4.78, 5) is 29.5. The van der Waals surface area contributed by atoms with E-state index in [0.717, 1.165) is 90.1 Å². The lowest BCUT2D eigenvalue weighted by molar-refractivity contribution is -0.104. The Morgan fingerprint density at radius 1 is 0.449 bits per heavy atom. The second-order valence-electron chi connectivity index (χ2n) is 12.6. The number of H-pyrrole nitrogens is 2. The van der Waals surface area contributed by atoms with Crippen molar-refractivity contribution in [3.63, 3.8) is 0 Å². The van der Waals surface area contributed by atoms with Crippen LogP contribution in [-0.2, 0) is 4.79 Å². The molecule has 5 nitrogen and oxygen atoms in total. The third-order valence-electron chi connectivity index (χ3n) is 9.16. The maximum absolute atomic E-state index is 11.6. The van der Waals surface area contributed by atoms with Crippen molar-refractivity contribution in [2.24, 2.45) is 0 Å². The third kappa shape index (κ3) is 5.66. The Bertz CT molecular complexity index is 2360. The number of allylic oxidation sites excluding steroid dienone is 1. The van der Waals surface area contributed by atoms with Crippen LogP contribution in [0.3, 0.4) is 0 Å². The van der Waals surface area contributed by atoms with Crippen LogP contribution in [-0.4, -0.2) is 26.2 Å². The third-order valence-corrected chi connectivity index (χ3v) is 9.16. The summed E-state index contributed by atoms with van der Waals surface area (Å²) in [6.07, 6.45) is 12.2. The Hall–Kier alpha value is -6.33. The molecule has 8 bridgehead atoms. The molecule has 0 amide bonds. The number of hydrogen-bond acceptors (Lipinski definition) is 3. The number of carbonyl (C=O) groups excluding carboxylic acids is 1. The van der Waals surface area contributed by atoms with Crippen LogP contribution >= 0.6 is 0 Å². The van der Waals surface area contributed by atoms with Crippen molar-refractivity contribution in [1.29, 1.82) is 0 Å². The topological polar surface area (TPSA) is 74.4 Å². The fraction of sp³-hybridized carbons (Fsp3) is 0.0682. The second kappa shape index (κ2) is 12.4. The minimum Gasteiger partial charge on any atom is -0.354 e. The Morgan fingerprint density at radius 3 is 1.18 bits per heavy atom. The molecule has 0 saturated heterocycles. The summed E-state index contributed by atoms with van der Waals surface area (Å²) >= 11 is 0. The van der Waals surface area contributed by atoms with Gasteiger partial charge in [-0.15, -0.1) is 0 Å². The number of fused-ring (bicyclic) bond motifs is 8. The standard InChI is InChI=1S/C44H34N4O/c1-27-6-12-30(13-7-27)42-36-20-18-34(45-36)33(5-4-26-49)35-19-21-37(46-35)43(31-14-8-28(2)9-15-31)39-23-25-41(48-39)44(40-24-22-38(42)47-40)32-16-10-29(3)11-17-32/h4-26,47-48H,1-3H3/b5-4+,34-33?,35-33?,42-36?,42-38?,43-37?,43-39?,44-40?,44-41?. The van der Waals surface area contributed by atoms with E-state index in [-0.39, 0.29) is 0 Å². The first-order valence-electron chi connectivity index (χ1n) is 16.4. The number of carbonyl (C=O) groups is 1. The van der Waals surface area contributed by atoms with Gasteiger partial charge in [0.1, 0.15) is 6.29 Å². The van der Waals surface area contributed by atoms with Gasteiger partial charge in [0.2, 0.25) is 0 Å². The maximum atomic E-state index is 11.6. The molecule has 0 aliphatic carbocycles. The van der Waals surface area contributed by atoms with Crippen molar-refractivity contribution in [2.45, 2.75) is 20.8 Å². The molecule has 0 atom stereocenters. The van der Waals surface area contributed by atoms with Crippen LogP contribution in [0.25, 0.3) is 85.8 Å².